The number of aliphatic carboxylic acids is 1. The van der Waals surface area contributed by atoms with E-state index in [4.69, 9.17) is 5.11 Å². The number of carbonyl (C=O) groups is 3. The molecule has 0 aromatic heterocycles. The predicted octanol–water partition coefficient (Wildman–Crippen LogP) is 0.745. The summed E-state index contributed by atoms with van der Waals surface area (Å²) < 4.78 is 0. The molecule has 0 unspecified atom stereocenters. The Morgan fingerprint density at radius 2 is 1.16 bits per heavy atom. The number of carbonyl (C=O) groups excluding carboxylic acids is 2. The van der Waals surface area contributed by atoms with Gasteiger partial charge in [0.05, 0.1) is 17.5 Å². The molecule has 0 saturated carbocycles. The van der Waals surface area contributed by atoms with Crippen LogP contribution in [-0.4, -0.2) is 23.0 Å². The average molecular weight is 394 g/mol. The number of carboxylic acid groups (broad SMARTS) is 3. The van der Waals surface area contributed by atoms with E-state index in [2.05, 4.69) is 6.58 Å². The van der Waals surface area contributed by atoms with E-state index in [9.17, 15) is 24.6 Å². The van der Waals surface area contributed by atoms with Crippen molar-refractivity contribution < 1.29 is 49.2 Å². The molecule has 126 valence electrons. The van der Waals surface area contributed by atoms with Crippen LogP contribution in [0.5, 0.6) is 0 Å². The summed E-state index contributed by atoms with van der Waals surface area (Å²) >= 11 is 0. The molecule has 0 saturated heterocycles. The molecule has 2 rings (SSSR count). The molecule has 2 aromatic rings. The molecule has 0 fully saturated rings. The normalized spacial score (nSPS) is 8.20. The van der Waals surface area contributed by atoms with Crippen LogP contribution in [0.15, 0.2) is 72.8 Å². The van der Waals surface area contributed by atoms with Crippen molar-refractivity contribution in [2.45, 2.75) is 6.92 Å². The zero-order valence-electron chi connectivity index (χ0n) is 13.7. The predicted molar refractivity (Wildman–Crippen MR) is 84.0 cm³/mol. The monoisotopic (exact) mass is 392 g/mol. The number of rotatable bonds is 3. The van der Waals surface area contributed by atoms with Gasteiger partial charge in [0.25, 0.3) is 0 Å². The van der Waals surface area contributed by atoms with Crippen LogP contribution >= 0.6 is 0 Å². The zero-order chi connectivity index (χ0) is 18.5. The van der Waals surface area contributed by atoms with Crippen LogP contribution in [0.4, 0.5) is 0 Å². The fourth-order valence-corrected chi connectivity index (χ4v) is 1.15. The van der Waals surface area contributed by atoms with Crippen LogP contribution in [0.3, 0.4) is 0 Å². The van der Waals surface area contributed by atoms with E-state index in [1.807, 2.05) is 0 Å². The third-order valence-corrected chi connectivity index (χ3v) is 2.38. The van der Waals surface area contributed by atoms with E-state index >= 15 is 0 Å². The Morgan fingerprint density at radius 1 is 0.840 bits per heavy atom. The van der Waals surface area contributed by atoms with Crippen LogP contribution in [-0.2, 0) is 24.3 Å². The molecule has 25 heavy (non-hydrogen) atoms. The summed E-state index contributed by atoms with van der Waals surface area (Å²) in [7, 11) is 0. The number of benzene rings is 2. The van der Waals surface area contributed by atoms with E-state index in [0.717, 1.165) is 0 Å². The first-order chi connectivity index (χ1) is 11.3. The fourth-order valence-electron chi connectivity index (χ4n) is 1.15. The van der Waals surface area contributed by atoms with Crippen molar-refractivity contribution >= 4 is 17.9 Å². The molecular weight excluding hydrogens is 378 g/mol. The summed E-state index contributed by atoms with van der Waals surface area (Å²) in [5.74, 6) is -3.19. The molecule has 0 aliphatic heterocycles. The quantitative estimate of drug-likeness (QED) is 0.607. The number of carboxylic acids is 3. The summed E-state index contributed by atoms with van der Waals surface area (Å²) in [6.45, 7) is 4.48. The molecule has 0 bridgehead atoms. The van der Waals surface area contributed by atoms with Gasteiger partial charge in [0.1, 0.15) is 0 Å². The maximum Gasteiger partial charge on any atom is 2.00 e. The molecule has 6 nitrogen and oxygen atoms in total. The van der Waals surface area contributed by atoms with Crippen molar-refractivity contribution in [3.05, 3.63) is 83.9 Å². The van der Waals surface area contributed by atoms with Crippen LogP contribution in [0.1, 0.15) is 27.6 Å². The summed E-state index contributed by atoms with van der Waals surface area (Å²) in [6, 6.07) is 16.4. The maximum atomic E-state index is 10.2. The first-order valence-electron chi connectivity index (χ1n) is 6.67. The molecule has 0 heterocycles. The average Bonchev–Trinajstić information content (AvgIpc) is 2.57. The second-order valence-corrected chi connectivity index (χ2v) is 4.39. The van der Waals surface area contributed by atoms with Gasteiger partial charge < -0.3 is 24.9 Å². The second-order valence-electron chi connectivity index (χ2n) is 4.39. The molecule has 1 N–H and O–H groups in total. The molecule has 7 heteroatoms. The van der Waals surface area contributed by atoms with E-state index < -0.39 is 17.9 Å². The molecule has 0 atom stereocenters. The Labute approximate surface area is 158 Å². The van der Waals surface area contributed by atoms with Crippen LogP contribution in [0, 0.1) is 0 Å². The van der Waals surface area contributed by atoms with Gasteiger partial charge in [-0.1, -0.05) is 55.1 Å². The van der Waals surface area contributed by atoms with Gasteiger partial charge in [-0.15, -0.1) is 0 Å². The third kappa shape index (κ3) is 12.3. The van der Waals surface area contributed by atoms with Crippen molar-refractivity contribution in [2.75, 3.05) is 0 Å². The Kier molecular flexibility index (Phi) is 13.3. The summed E-state index contributed by atoms with van der Waals surface area (Å²) in [5.41, 5.74) is 0.616. The molecule has 0 amide bonds. The van der Waals surface area contributed by atoms with Gasteiger partial charge in [-0.25, -0.2) is 4.79 Å². The fraction of sp³-hybridized carbons (Fsp3) is 0.0556. The van der Waals surface area contributed by atoms with Gasteiger partial charge in [-0.05, 0) is 30.2 Å². The minimum atomic E-state index is -1.19. The molecule has 0 aliphatic rings. The minimum Gasteiger partial charge on any atom is -0.545 e. The zero-order valence-corrected chi connectivity index (χ0v) is 16.6. The third-order valence-electron chi connectivity index (χ3n) is 2.38. The van der Waals surface area contributed by atoms with E-state index in [1.165, 1.54) is 19.1 Å². The number of hydrogen-bond donors (Lipinski definition) is 1. The molecule has 2 aromatic carbocycles. The van der Waals surface area contributed by atoms with Crippen LogP contribution in [0.25, 0.3) is 0 Å². The van der Waals surface area contributed by atoms with Crippen molar-refractivity contribution in [3.63, 3.8) is 0 Å². The van der Waals surface area contributed by atoms with Crippen molar-refractivity contribution in [1.82, 2.24) is 0 Å². The molecule has 0 radical (unpaired) electrons. The Hall–Kier alpha value is -2.79. The van der Waals surface area contributed by atoms with Crippen molar-refractivity contribution in [1.29, 1.82) is 0 Å². The summed E-state index contributed by atoms with van der Waals surface area (Å²) in [4.78, 5) is 29.8. The second kappa shape index (κ2) is 13.6. The maximum absolute atomic E-state index is 10.2. The van der Waals surface area contributed by atoms with Gasteiger partial charge in [0.2, 0.25) is 0 Å². The SMILES string of the molecule is C=C(C)C(=O)[O-].O=C(O)c1ccccc1.O=C([O-])c1ccccc1.[Zn+2]. The molecule has 0 aliphatic carbocycles. The summed E-state index contributed by atoms with van der Waals surface area (Å²) in [5, 5.41) is 28.0. The van der Waals surface area contributed by atoms with E-state index in [0.29, 0.717) is 5.56 Å². The standard InChI is InChI=1S/2C7H6O2.C4H6O2.Zn/c2*8-7(9)6-4-2-1-3-5-6;1-3(2)4(5)6;/h2*1-5H,(H,8,9);1H2,2H3,(H,5,6);/q;;;+2/p-2. The largest absolute Gasteiger partial charge is 2.00 e. The van der Waals surface area contributed by atoms with Crippen LogP contribution < -0.4 is 10.2 Å². The van der Waals surface area contributed by atoms with E-state index in [-0.39, 0.29) is 30.6 Å². The van der Waals surface area contributed by atoms with Gasteiger partial charge in [-0.2, -0.15) is 0 Å². The molecule has 0 spiro atoms. The van der Waals surface area contributed by atoms with Crippen molar-refractivity contribution in [2.24, 2.45) is 0 Å². The van der Waals surface area contributed by atoms with Gasteiger partial charge in [-0.3, -0.25) is 0 Å². The van der Waals surface area contributed by atoms with Gasteiger partial charge in [0, 0.05) is 0 Å². The van der Waals surface area contributed by atoms with Gasteiger partial charge in [0.15, 0.2) is 0 Å². The topological polar surface area (TPSA) is 118 Å². The Morgan fingerprint density at radius 3 is 1.32 bits per heavy atom. The first-order valence-corrected chi connectivity index (χ1v) is 6.67. The van der Waals surface area contributed by atoms with Crippen LogP contribution in [0.2, 0.25) is 0 Å². The number of aromatic carboxylic acids is 2. The first kappa shape index (κ1) is 24.5. The molecular formula is C18H16O6Zn. The Balaban J connectivity index is 0. The smallest absolute Gasteiger partial charge is 0.545 e. The Bertz CT molecular complexity index is 622. The van der Waals surface area contributed by atoms with Gasteiger partial charge >= 0.3 is 25.4 Å². The minimum absolute atomic E-state index is 0. The number of hydrogen-bond acceptors (Lipinski definition) is 5. The van der Waals surface area contributed by atoms with Crippen molar-refractivity contribution in [3.8, 4) is 0 Å². The summed E-state index contributed by atoms with van der Waals surface area (Å²) in [6.07, 6.45) is 0. The van der Waals surface area contributed by atoms with E-state index in [1.54, 1.807) is 48.5 Å².